The van der Waals surface area contributed by atoms with E-state index in [1.54, 1.807) is 43.3 Å². The average molecular weight is 325 g/mol. The standard InChI is InChI=1S/C18H15NO5/c1-12-2-3-13(10-15(12)19(21)22)4-6-16(20)14-5-7-17-18(11-14)24-9-8-23-17/h2-7,10-11H,8-9H2,1H3/b6-4+. The molecule has 0 bridgehead atoms. The first-order valence-corrected chi connectivity index (χ1v) is 7.42. The Morgan fingerprint density at radius 2 is 1.88 bits per heavy atom. The first kappa shape index (κ1) is 15.7. The number of allylic oxidation sites excluding steroid dienone is 1. The molecular weight excluding hydrogens is 310 g/mol. The highest BCUT2D eigenvalue weighted by Crippen LogP contribution is 2.31. The van der Waals surface area contributed by atoms with E-state index < -0.39 is 4.92 Å². The summed E-state index contributed by atoms with van der Waals surface area (Å²) in [6.45, 7) is 2.62. The lowest BCUT2D eigenvalue weighted by Crippen LogP contribution is -2.15. The first-order valence-electron chi connectivity index (χ1n) is 7.42. The zero-order valence-corrected chi connectivity index (χ0v) is 13.0. The Morgan fingerprint density at radius 3 is 2.62 bits per heavy atom. The van der Waals surface area contributed by atoms with Crippen molar-refractivity contribution in [2.24, 2.45) is 0 Å². The van der Waals surface area contributed by atoms with E-state index in [0.29, 0.717) is 41.4 Å². The highest BCUT2D eigenvalue weighted by Gasteiger charge is 2.14. The number of carbonyl (C=O) groups excluding carboxylic acids is 1. The maximum Gasteiger partial charge on any atom is 0.272 e. The zero-order valence-electron chi connectivity index (χ0n) is 13.0. The Labute approximate surface area is 138 Å². The number of ether oxygens (including phenoxy) is 2. The summed E-state index contributed by atoms with van der Waals surface area (Å²) in [6.07, 6.45) is 2.95. The van der Waals surface area contributed by atoms with Crippen LogP contribution in [0.2, 0.25) is 0 Å². The van der Waals surface area contributed by atoms with Gasteiger partial charge in [-0.3, -0.25) is 14.9 Å². The second kappa shape index (κ2) is 6.54. The van der Waals surface area contributed by atoms with Gasteiger partial charge in [0, 0.05) is 17.2 Å². The molecule has 1 aliphatic heterocycles. The molecule has 6 nitrogen and oxygen atoms in total. The molecule has 0 fully saturated rings. The van der Waals surface area contributed by atoms with Crippen LogP contribution in [0.25, 0.3) is 6.08 Å². The van der Waals surface area contributed by atoms with Crippen LogP contribution >= 0.6 is 0 Å². The van der Waals surface area contributed by atoms with E-state index in [2.05, 4.69) is 0 Å². The van der Waals surface area contributed by atoms with Crippen LogP contribution in [0.4, 0.5) is 5.69 Å². The molecule has 0 saturated heterocycles. The quantitative estimate of drug-likeness (QED) is 0.371. The van der Waals surface area contributed by atoms with Crippen molar-refractivity contribution >= 4 is 17.5 Å². The molecule has 24 heavy (non-hydrogen) atoms. The molecule has 0 saturated carbocycles. The topological polar surface area (TPSA) is 78.7 Å². The Bertz CT molecular complexity index is 841. The summed E-state index contributed by atoms with van der Waals surface area (Å²) in [5.41, 5.74) is 1.68. The maximum atomic E-state index is 12.3. The lowest BCUT2D eigenvalue weighted by molar-refractivity contribution is -0.385. The van der Waals surface area contributed by atoms with Crippen LogP contribution in [0.1, 0.15) is 21.5 Å². The van der Waals surface area contributed by atoms with Crippen LogP contribution < -0.4 is 9.47 Å². The highest BCUT2D eigenvalue weighted by molar-refractivity contribution is 6.07. The summed E-state index contributed by atoms with van der Waals surface area (Å²) < 4.78 is 10.9. The molecule has 1 aliphatic rings. The van der Waals surface area contributed by atoms with Gasteiger partial charge in [-0.1, -0.05) is 18.2 Å². The zero-order chi connectivity index (χ0) is 17.1. The molecule has 2 aromatic carbocycles. The number of aryl methyl sites for hydroxylation is 1. The third-order valence-corrected chi connectivity index (χ3v) is 3.68. The molecule has 0 atom stereocenters. The van der Waals surface area contributed by atoms with Crippen LogP contribution in [0.15, 0.2) is 42.5 Å². The molecule has 0 aromatic heterocycles. The molecule has 0 unspecified atom stereocenters. The number of carbonyl (C=O) groups is 1. The fourth-order valence-corrected chi connectivity index (χ4v) is 2.39. The largest absolute Gasteiger partial charge is 0.486 e. The van der Waals surface area contributed by atoms with Gasteiger partial charge in [0.2, 0.25) is 0 Å². The highest BCUT2D eigenvalue weighted by atomic mass is 16.6. The number of nitrogens with zero attached hydrogens (tertiary/aromatic N) is 1. The van der Waals surface area contributed by atoms with Crippen LogP contribution in [-0.4, -0.2) is 23.9 Å². The summed E-state index contributed by atoms with van der Waals surface area (Å²) in [5, 5.41) is 11.0. The van der Waals surface area contributed by atoms with Gasteiger partial charge < -0.3 is 9.47 Å². The molecule has 2 aromatic rings. The van der Waals surface area contributed by atoms with Crippen LogP contribution in [0, 0.1) is 17.0 Å². The van der Waals surface area contributed by atoms with E-state index in [9.17, 15) is 14.9 Å². The molecular formula is C18H15NO5. The number of nitro groups is 1. The summed E-state index contributed by atoms with van der Waals surface area (Å²) in [6, 6.07) is 9.84. The average Bonchev–Trinajstić information content (AvgIpc) is 2.60. The van der Waals surface area contributed by atoms with Gasteiger partial charge >= 0.3 is 0 Å². The van der Waals surface area contributed by atoms with E-state index >= 15 is 0 Å². The van der Waals surface area contributed by atoms with E-state index in [4.69, 9.17) is 9.47 Å². The molecule has 122 valence electrons. The fraction of sp³-hybridized carbons (Fsp3) is 0.167. The lowest BCUT2D eigenvalue weighted by atomic mass is 10.1. The number of ketones is 1. The van der Waals surface area contributed by atoms with Gasteiger partial charge in [0.1, 0.15) is 13.2 Å². The fourth-order valence-electron chi connectivity index (χ4n) is 2.39. The summed E-state index contributed by atoms with van der Waals surface area (Å²) in [5.74, 6) is 0.956. The number of rotatable bonds is 4. The van der Waals surface area contributed by atoms with Crippen molar-refractivity contribution in [3.63, 3.8) is 0 Å². The van der Waals surface area contributed by atoms with Gasteiger partial charge in [0.15, 0.2) is 17.3 Å². The minimum Gasteiger partial charge on any atom is -0.486 e. The SMILES string of the molecule is Cc1ccc(/C=C/C(=O)c2ccc3c(c2)OCCO3)cc1[N+](=O)[O-]. The molecule has 0 amide bonds. The van der Waals surface area contributed by atoms with E-state index in [1.165, 1.54) is 12.1 Å². The second-order valence-electron chi connectivity index (χ2n) is 5.36. The van der Waals surface area contributed by atoms with Crippen molar-refractivity contribution in [1.82, 2.24) is 0 Å². The number of nitro benzene ring substituents is 1. The third-order valence-electron chi connectivity index (χ3n) is 3.68. The Morgan fingerprint density at radius 1 is 1.12 bits per heavy atom. The molecule has 0 radical (unpaired) electrons. The molecule has 6 heteroatoms. The van der Waals surface area contributed by atoms with Crippen LogP contribution in [-0.2, 0) is 0 Å². The molecule has 0 aliphatic carbocycles. The maximum absolute atomic E-state index is 12.3. The van der Waals surface area contributed by atoms with Gasteiger partial charge in [0.25, 0.3) is 5.69 Å². The minimum atomic E-state index is -0.435. The third kappa shape index (κ3) is 3.27. The summed E-state index contributed by atoms with van der Waals surface area (Å²) in [4.78, 5) is 22.8. The van der Waals surface area contributed by atoms with Crippen molar-refractivity contribution in [2.45, 2.75) is 6.92 Å². The van der Waals surface area contributed by atoms with Gasteiger partial charge in [0.05, 0.1) is 4.92 Å². The number of benzene rings is 2. The minimum absolute atomic E-state index is 0.0314. The van der Waals surface area contributed by atoms with E-state index in [0.717, 1.165) is 0 Å². The van der Waals surface area contributed by atoms with Gasteiger partial charge in [-0.2, -0.15) is 0 Å². The van der Waals surface area contributed by atoms with Crippen LogP contribution in [0.5, 0.6) is 11.5 Å². The van der Waals surface area contributed by atoms with Crippen molar-refractivity contribution in [3.05, 3.63) is 69.3 Å². The van der Waals surface area contributed by atoms with Crippen molar-refractivity contribution < 1.29 is 19.2 Å². The van der Waals surface area contributed by atoms with Crippen molar-refractivity contribution in [2.75, 3.05) is 13.2 Å². The Balaban J connectivity index is 1.80. The van der Waals surface area contributed by atoms with E-state index in [1.807, 2.05) is 0 Å². The van der Waals surface area contributed by atoms with Gasteiger partial charge in [-0.05, 0) is 36.8 Å². The molecule has 0 spiro atoms. The molecule has 0 N–H and O–H groups in total. The monoisotopic (exact) mass is 325 g/mol. The van der Waals surface area contributed by atoms with Crippen LogP contribution in [0.3, 0.4) is 0 Å². The predicted octanol–water partition coefficient (Wildman–Crippen LogP) is 3.57. The smallest absolute Gasteiger partial charge is 0.272 e. The second-order valence-corrected chi connectivity index (χ2v) is 5.36. The van der Waals surface area contributed by atoms with E-state index in [-0.39, 0.29) is 11.5 Å². The summed E-state index contributed by atoms with van der Waals surface area (Å²) >= 11 is 0. The predicted molar refractivity (Wildman–Crippen MR) is 88.6 cm³/mol. The molecule has 3 rings (SSSR count). The van der Waals surface area contributed by atoms with Crippen molar-refractivity contribution in [3.8, 4) is 11.5 Å². The lowest BCUT2D eigenvalue weighted by Gasteiger charge is -2.18. The molecule has 1 heterocycles. The van der Waals surface area contributed by atoms with Gasteiger partial charge in [-0.15, -0.1) is 0 Å². The number of fused-ring (bicyclic) bond motifs is 1. The Hall–Kier alpha value is -3.15. The first-order chi connectivity index (χ1) is 11.5. The summed E-state index contributed by atoms with van der Waals surface area (Å²) in [7, 11) is 0. The van der Waals surface area contributed by atoms with Crippen molar-refractivity contribution in [1.29, 1.82) is 0 Å². The number of hydrogen-bond donors (Lipinski definition) is 0. The number of hydrogen-bond acceptors (Lipinski definition) is 5. The van der Waals surface area contributed by atoms with Gasteiger partial charge in [-0.25, -0.2) is 0 Å². The normalized spacial score (nSPS) is 13.0. The Kier molecular flexibility index (Phi) is 4.29.